The monoisotopic (exact) mass is 858 g/mol. The zero-order valence-electron chi connectivity index (χ0n) is 40.6. The molecule has 0 bridgehead atoms. The predicted molar refractivity (Wildman–Crippen MR) is 264 cm³/mol. The highest BCUT2D eigenvalue weighted by molar-refractivity contribution is 5.76. The summed E-state index contributed by atoms with van der Waals surface area (Å²) in [7, 11) is 0. The molecule has 0 saturated heterocycles. The van der Waals surface area contributed by atoms with Gasteiger partial charge in [-0.15, -0.1) is 0 Å². The SMILES string of the molecule is CCCCCCCCCC/C=C/C(O)C(CO)NC(=O)CCCCCCCCCCCCCCCC/C=C\C/C=C\CCOC(=O)CCCCCCCCCCCCCCC. The van der Waals surface area contributed by atoms with Gasteiger partial charge < -0.3 is 20.3 Å². The van der Waals surface area contributed by atoms with Crippen LogP contribution in [0.5, 0.6) is 0 Å². The zero-order chi connectivity index (χ0) is 44.4. The number of carbonyl (C=O) groups is 2. The molecule has 3 N–H and O–H groups in total. The van der Waals surface area contributed by atoms with Crippen molar-refractivity contribution in [2.45, 2.75) is 289 Å². The van der Waals surface area contributed by atoms with E-state index in [2.05, 4.69) is 43.5 Å². The summed E-state index contributed by atoms with van der Waals surface area (Å²) in [5.74, 6) is -0.110. The van der Waals surface area contributed by atoms with Crippen LogP contribution in [0.4, 0.5) is 0 Å². The van der Waals surface area contributed by atoms with E-state index in [-0.39, 0.29) is 18.5 Å². The van der Waals surface area contributed by atoms with Gasteiger partial charge in [-0.25, -0.2) is 0 Å². The first-order valence-electron chi connectivity index (χ1n) is 26.8. The molecule has 0 saturated carbocycles. The van der Waals surface area contributed by atoms with E-state index in [1.807, 2.05) is 6.08 Å². The van der Waals surface area contributed by atoms with Crippen LogP contribution >= 0.6 is 0 Å². The van der Waals surface area contributed by atoms with Crippen LogP contribution in [0.3, 0.4) is 0 Å². The average molecular weight is 858 g/mol. The number of nitrogens with one attached hydrogen (secondary N) is 1. The topological polar surface area (TPSA) is 95.9 Å². The summed E-state index contributed by atoms with van der Waals surface area (Å²) in [5.41, 5.74) is 0. The highest BCUT2D eigenvalue weighted by Gasteiger charge is 2.18. The molecule has 0 aliphatic heterocycles. The molecule has 0 spiro atoms. The fraction of sp³-hybridized carbons (Fsp3) is 0.855. The van der Waals surface area contributed by atoms with Crippen molar-refractivity contribution in [3.63, 3.8) is 0 Å². The normalized spacial score (nSPS) is 12.9. The number of ether oxygens (including phenoxy) is 1. The van der Waals surface area contributed by atoms with Crippen molar-refractivity contribution in [1.82, 2.24) is 5.32 Å². The van der Waals surface area contributed by atoms with E-state index < -0.39 is 12.1 Å². The third kappa shape index (κ3) is 47.4. The summed E-state index contributed by atoms with van der Waals surface area (Å²) in [6.45, 7) is 4.77. The van der Waals surface area contributed by atoms with Gasteiger partial charge in [0.05, 0.1) is 25.4 Å². The van der Waals surface area contributed by atoms with Crippen molar-refractivity contribution in [1.29, 1.82) is 0 Å². The third-order valence-electron chi connectivity index (χ3n) is 12.2. The highest BCUT2D eigenvalue weighted by Crippen LogP contribution is 2.16. The lowest BCUT2D eigenvalue weighted by atomic mass is 10.0. The zero-order valence-corrected chi connectivity index (χ0v) is 40.6. The summed E-state index contributed by atoms with van der Waals surface area (Å²) >= 11 is 0. The number of aliphatic hydroxyl groups excluding tert-OH is 2. The van der Waals surface area contributed by atoms with Crippen LogP contribution in [0.1, 0.15) is 277 Å². The molecule has 0 aromatic heterocycles. The Labute approximate surface area is 379 Å². The second-order valence-electron chi connectivity index (χ2n) is 18.2. The van der Waals surface area contributed by atoms with Gasteiger partial charge in [-0.1, -0.05) is 249 Å². The maximum absolute atomic E-state index is 12.4. The van der Waals surface area contributed by atoms with Gasteiger partial charge in [0.25, 0.3) is 0 Å². The summed E-state index contributed by atoms with van der Waals surface area (Å²) in [5, 5.41) is 22.9. The molecule has 0 heterocycles. The van der Waals surface area contributed by atoms with E-state index in [1.165, 1.54) is 199 Å². The van der Waals surface area contributed by atoms with E-state index in [9.17, 15) is 19.8 Å². The first kappa shape index (κ1) is 59.1. The van der Waals surface area contributed by atoms with Crippen molar-refractivity contribution in [3.8, 4) is 0 Å². The van der Waals surface area contributed by atoms with Gasteiger partial charge in [0, 0.05) is 12.8 Å². The van der Waals surface area contributed by atoms with Gasteiger partial charge in [0.2, 0.25) is 5.91 Å². The maximum Gasteiger partial charge on any atom is 0.305 e. The van der Waals surface area contributed by atoms with Gasteiger partial charge in [0.15, 0.2) is 0 Å². The lowest BCUT2D eigenvalue weighted by molar-refractivity contribution is -0.143. The molecular weight excluding hydrogens is 755 g/mol. The number of aliphatic hydroxyl groups is 2. The summed E-state index contributed by atoms with van der Waals surface area (Å²) in [4.78, 5) is 24.4. The molecular formula is C55H103NO5. The van der Waals surface area contributed by atoms with Gasteiger partial charge in [0.1, 0.15) is 0 Å². The molecule has 61 heavy (non-hydrogen) atoms. The number of hydrogen-bond acceptors (Lipinski definition) is 5. The molecule has 2 unspecified atom stereocenters. The van der Waals surface area contributed by atoms with Gasteiger partial charge in [-0.3, -0.25) is 9.59 Å². The van der Waals surface area contributed by atoms with Crippen molar-refractivity contribution in [3.05, 3.63) is 36.5 Å². The number of amides is 1. The standard InChI is InChI=1S/C55H103NO5/c1-3-5-7-9-11-13-15-25-29-33-37-41-45-49-55(60)61-50-46-42-38-34-30-27-24-22-20-18-16-17-19-21-23-26-28-32-36-40-44-48-54(59)56-52(51-57)53(58)47-43-39-35-31-14-12-10-8-6-4-2/h27,30,38,42-43,47,52-53,57-58H,3-26,28-29,31-37,39-41,44-46,48-51H2,1-2H3,(H,56,59)/b30-27-,42-38-,47-43+. The molecule has 0 aliphatic carbocycles. The number of carbonyl (C=O) groups excluding carboxylic acids is 2. The Kier molecular flexibility index (Phi) is 49.1. The first-order valence-corrected chi connectivity index (χ1v) is 26.8. The number of esters is 1. The van der Waals surface area contributed by atoms with Crippen molar-refractivity contribution in [2.24, 2.45) is 0 Å². The lowest BCUT2D eigenvalue weighted by Gasteiger charge is -2.20. The van der Waals surface area contributed by atoms with Crippen molar-refractivity contribution < 1.29 is 24.5 Å². The average Bonchev–Trinajstić information content (AvgIpc) is 3.26. The Balaban J connectivity index is 3.46. The molecule has 6 nitrogen and oxygen atoms in total. The lowest BCUT2D eigenvalue weighted by Crippen LogP contribution is -2.45. The second kappa shape index (κ2) is 50.7. The van der Waals surface area contributed by atoms with Gasteiger partial charge in [-0.05, 0) is 51.4 Å². The van der Waals surface area contributed by atoms with E-state index >= 15 is 0 Å². The number of allylic oxidation sites excluding steroid dienone is 4. The minimum Gasteiger partial charge on any atom is -0.465 e. The molecule has 2 atom stereocenters. The van der Waals surface area contributed by atoms with Crippen LogP contribution in [-0.4, -0.2) is 47.4 Å². The van der Waals surface area contributed by atoms with E-state index in [0.717, 1.165) is 51.4 Å². The van der Waals surface area contributed by atoms with E-state index in [1.54, 1.807) is 6.08 Å². The minimum atomic E-state index is -0.846. The number of unbranched alkanes of at least 4 members (excludes halogenated alkanes) is 34. The molecule has 358 valence electrons. The largest absolute Gasteiger partial charge is 0.465 e. The van der Waals surface area contributed by atoms with E-state index in [0.29, 0.717) is 19.4 Å². The predicted octanol–water partition coefficient (Wildman–Crippen LogP) is 16.1. The summed E-state index contributed by atoms with van der Waals surface area (Å²) in [6.07, 6.45) is 61.8. The smallest absolute Gasteiger partial charge is 0.305 e. The second-order valence-corrected chi connectivity index (χ2v) is 18.2. The Morgan fingerprint density at radius 1 is 0.459 bits per heavy atom. The van der Waals surface area contributed by atoms with Gasteiger partial charge >= 0.3 is 5.97 Å². The maximum atomic E-state index is 12.4. The molecule has 1 amide bonds. The molecule has 0 aromatic carbocycles. The quantitative estimate of drug-likeness (QED) is 0.0322. The number of rotatable bonds is 49. The summed E-state index contributed by atoms with van der Waals surface area (Å²) < 4.78 is 5.40. The Bertz CT molecular complexity index is 993. The van der Waals surface area contributed by atoms with Crippen molar-refractivity contribution >= 4 is 11.9 Å². The van der Waals surface area contributed by atoms with Crippen molar-refractivity contribution in [2.75, 3.05) is 13.2 Å². The molecule has 0 fully saturated rings. The Hall–Kier alpha value is -1.92. The molecule has 0 rings (SSSR count). The van der Waals surface area contributed by atoms with Crippen LogP contribution in [0.25, 0.3) is 0 Å². The molecule has 0 aliphatic rings. The van der Waals surface area contributed by atoms with E-state index in [4.69, 9.17) is 4.74 Å². The molecule has 0 aromatic rings. The fourth-order valence-electron chi connectivity index (χ4n) is 8.06. The van der Waals surface area contributed by atoms with Crippen LogP contribution in [-0.2, 0) is 14.3 Å². The van der Waals surface area contributed by atoms with Gasteiger partial charge in [-0.2, -0.15) is 0 Å². The third-order valence-corrected chi connectivity index (χ3v) is 12.2. The van der Waals surface area contributed by atoms with Crippen LogP contribution in [0.2, 0.25) is 0 Å². The first-order chi connectivity index (χ1) is 30.0. The molecule has 6 heteroatoms. The van der Waals surface area contributed by atoms with Crippen LogP contribution < -0.4 is 5.32 Å². The minimum absolute atomic E-state index is 0.0350. The van der Waals surface area contributed by atoms with Crippen LogP contribution in [0, 0.1) is 0 Å². The Morgan fingerprint density at radius 3 is 1.25 bits per heavy atom. The highest BCUT2D eigenvalue weighted by atomic mass is 16.5. The number of hydrogen-bond donors (Lipinski definition) is 3. The fourth-order valence-corrected chi connectivity index (χ4v) is 8.06. The van der Waals surface area contributed by atoms with Crippen LogP contribution in [0.15, 0.2) is 36.5 Å². The summed E-state index contributed by atoms with van der Waals surface area (Å²) in [6, 6.07) is -0.630. The Morgan fingerprint density at radius 2 is 0.820 bits per heavy atom. The molecule has 0 radical (unpaired) electrons.